The van der Waals surface area contributed by atoms with Gasteiger partial charge in [0.25, 0.3) is 0 Å². The lowest BCUT2D eigenvalue weighted by atomic mass is 9.85. The number of ketones is 1. The third-order valence-electron chi connectivity index (χ3n) is 2.94. The Balaban J connectivity index is 2.43. The molecule has 1 aliphatic rings. The third kappa shape index (κ3) is 3.22. The summed E-state index contributed by atoms with van der Waals surface area (Å²) in [6, 6.07) is 0. The first-order chi connectivity index (χ1) is 6.80. The van der Waals surface area contributed by atoms with Crippen molar-refractivity contribution in [2.24, 2.45) is 17.1 Å². The zero-order valence-electron chi connectivity index (χ0n) is 9.84. The van der Waals surface area contributed by atoms with Crippen molar-refractivity contribution in [3.63, 3.8) is 0 Å². The summed E-state index contributed by atoms with van der Waals surface area (Å²) in [7, 11) is 0. The number of guanidine groups is 1. The lowest BCUT2D eigenvalue weighted by Crippen LogP contribution is -2.34. The van der Waals surface area contributed by atoms with Crippen LogP contribution in [0.3, 0.4) is 0 Å². The summed E-state index contributed by atoms with van der Waals surface area (Å²) < 4.78 is 0. The van der Waals surface area contributed by atoms with Crippen molar-refractivity contribution in [2.75, 3.05) is 13.1 Å². The number of hydrogen-bond acceptors (Lipinski definition) is 2. The Morgan fingerprint density at radius 3 is 2.53 bits per heavy atom. The number of Topliss-reactive ketones (excluding diaryl/α,β-unsaturated/α-hetero) is 1. The minimum Gasteiger partial charge on any atom is -0.370 e. The van der Waals surface area contributed by atoms with Crippen molar-refractivity contribution >= 4 is 11.7 Å². The second kappa shape index (κ2) is 4.21. The van der Waals surface area contributed by atoms with Crippen LogP contribution in [0.15, 0.2) is 0 Å². The SMILES string of the molecule is CC(C)(C)C(=O)CC1CCN(C(=N)N)C1. The van der Waals surface area contributed by atoms with E-state index >= 15 is 0 Å². The van der Waals surface area contributed by atoms with Crippen LogP contribution >= 0.6 is 0 Å². The number of nitrogens with zero attached hydrogens (tertiary/aromatic N) is 1. The molecule has 0 aliphatic carbocycles. The minimum atomic E-state index is -0.246. The van der Waals surface area contributed by atoms with Gasteiger partial charge < -0.3 is 10.6 Å². The average molecular weight is 211 g/mol. The van der Waals surface area contributed by atoms with Gasteiger partial charge in [-0.1, -0.05) is 20.8 Å². The predicted molar refractivity (Wildman–Crippen MR) is 60.7 cm³/mol. The van der Waals surface area contributed by atoms with Crippen LogP contribution in [-0.4, -0.2) is 29.7 Å². The first-order valence-electron chi connectivity index (χ1n) is 5.43. The molecule has 0 radical (unpaired) electrons. The molecule has 3 N–H and O–H groups in total. The van der Waals surface area contributed by atoms with Crippen LogP contribution < -0.4 is 5.73 Å². The highest BCUT2D eigenvalue weighted by atomic mass is 16.1. The summed E-state index contributed by atoms with van der Waals surface area (Å²) in [6.45, 7) is 7.43. The monoisotopic (exact) mass is 211 g/mol. The highest BCUT2D eigenvalue weighted by Gasteiger charge is 2.29. The van der Waals surface area contributed by atoms with Crippen molar-refractivity contribution in [1.82, 2.24) is 4.90 Å². The first-order valence-corrected chi connectivity index (χ1v) is 5.43. The third-order valence-corrected chi connectivity index (χ3v) is 2.94. The van der Waals surface area contributed by atoms with Crippen LogP contribution in [0.25, 0.3) is 0 Å². The van der Waals surface area contributed by atoms with E-state index in [4.69, 9.17) is 11.1 Å². The summed E-state index contributed by atoms with van der Waals surface area (Å²) in [4.78, 5) is 13.6. The zero-order valence-corrected chi connectivity index (χ0v) is 9.84. The molecule has 0 amide bonds. The van der Waals surface area contributed by atoms with Crippen molar-refractivity contribution in [2.45, 2.75) is 33.6 Å². The van der Waals surface area contributed by atoms with E-state index in [1.165, 1.54) is 0 Å². The van der Waals surface area contributed by atoms with E-state index in [9.17, 15) is 4.79 Å². The molecule has 1 rings (SSSR count). The van der Waals surface area contributed by atoms with Crippen LogP contribution in [0.4, 0.5) is 0 Å². The number of rotatable bonds is 2. The van der Waals surface area contributed by atoms with Crippen molar-refractivity contribution in [3.05, 3.63) is 0 Å². The standard InChI is InChI=1S/C11H21N3O/c1-11(2,3)9(15)6-8-4-5-14(7-8)10(12)13/h8H,4-7H2,1-3H3,(H3,12,13). The second-order valence-electron chi connectivity index (χ2n) is 5.36. The van der Waals surface area contributed by atoms with Gasteiger partial charge >= 0.3 is 0 Å². The number of hydrogen-bond donors (Lipinski definition) is 2. The van der Waals surface area contributed by atoms with E-state index in [0.29, 0.717) is 18.1 Å². The molecule has 0 aromatic carbocycles. The number of carbonyl (C=O) groups is 1. The fraction of sp³-hybridized carbons (Fsp3) is 0.818. The van der Waals surface area contributed by atoms with E-state index in [1.807, 2.05) is 25.7 Å². The van der Waals surface area contributed by atoms with Gasteiger partial charge in [-0.25, -0.2) is 0 Å². The maximum atomic E-state index is 11.8. The van der Waals surface area contributed by atoms with Gasteiger partial charge in [-0.2, -0.15) is 0 Å². The van der Waals surface area contributed by atoms with Crippen LogP contribution in [0.5, 0.6) is 0 Å². The van der Waals surface area contributed by atoms with Crippen LogP contribution in [0.1, 0.15) is 33.6 Å². The molecule has 1 fully saturated rings. The van der Waals surface area contributed by atoms with Gasteiger partial charge in [0.15, 0.2) is 5.96 Å². The van der Waals surface area contributed by atoms with Crippen molar-refractivity contribution in [1.29, 1.82) is 5.41 Å². The topological polar surface area (TPSA) is 70.2 Å². The number of carbonyl (C=O) groups excluding carboxylic acids is 1. The Morgan fingerprint density at radius 2 is 2.13 bits per heavy atom. The van der Waals surface area contributed by atoms with Gasteiger partial charge in [-0.15, -0.1) is 0 Å². The summed E-state index contributed by atoms with van der Waals surface area (Å²) >= 11 is 0. The molecule has 1 saturated heterocycles. The molecule has 4 nitrogen and oxygen atoms in total. The molecule has 0 aromatic heterocycles. The summed E-state index contributed by atoms with van der Waals surface area (Å²) in [5.74, 6) is 0.805. The Bertz CT molecular complexity index is 267. The molecule has 0 saturated carbocycles. The Labute approximate surface area is 91.3 Å². The van der Waals surface area contributed by atoms with Crippen LogP contribution in [0, 0.1) is 16.7 Å². The maximum Gasteiger partial charge on any atom is 0.188 e. The first kappa shape index (κ1) is 12.0. The molecular formula is C11H21N3O. The summed E-state index contributed by atoms with van der Waals surface area (Å²) in [5, 5.41) is 7.31. The Morgan fingerprint density at radius 1 is 1.53 bits per heavy atom. The van der Waals surface area contributed by atoms with Gasteiger partial charge in [-0.05, 0) is 12.3 Å². The highest BCUT2D eigenvalue weighted by Crippen LogP contribution is 2.25. The normalized spacial score (nSPS) is 21.8. The van der Waals surface area contributed by atoms with E-state index in [1.54, 1.807) is 0 Å². The smallest absolute Gasteiger partial charge is 0.188 e. The molecule has 4 heteroatoms. The van der Waals surface area contributed by atoms with Crippen molar-refractivity contribution < 1.29 is 4.79 Å². The fourth-order valence-electron chi connectivity index (χ4n) is 1.79. The van der Waals surface area contributed by atoms with Gasteiger partial charge in [-0.3, -0.25) is 10.2 Å². The van der Waals surface area contributed by atoms with E-state index < -0.39 is 0 Å². The van der Waals surface area contributed by atoms with E-state index in [0.717, 1.165) is 19.5 Å². The van der Waals surface area contributed by atoms with Gasteiger partial charge in [0.1, 0.15) is 5.78 Å². The van der Waals surface area contributed by atoms with E-state index in [-0.39, 0.29) is 11.4 Å². The molecule has 1 atom stereocenters. The lowest BCUT2D eigenvalue weighted by molar-refractivity contribution is -0.127. The number of nitrogens with two attached hydrogens (primary N) is 1. The lowest BCUT2D eigenvalue weighted by Gasteiger charge is -2.20. The van der Waals surface area contributed by atoms with Crippen LogP contribution in [0.2, 0.25) is 0 Å². The number of nitrogens with one attached hydrogen (secondary N) is 1. The molecule has 1 aliphatic heterocycles. The minimum absolute atomic E-state index is 0.126. The molecule has 1 unspecified atom stereocenters. The number of likely N-dealkylation sites (tertiary alicyclic amines) is 1. The summed E-state index contributed by atoms with van der Waals surface area (Å²) in [6.07, 6.45) is 1.59. The molecule has 0 spiro atoms. The van der Waals surface area contributed by atoms with Gasteiger partial charge in [0, 0.05) is 24.9 Å². The largest absolute Gasteiger partial charge is 0.370 e. The maximum absolute atomic E-state index is 11.8. The highest BCUT2D eigenvalue weighted by molar-refractivity contribution is 5.84. The van der Waals surface area contributed by atoms with E-state index in [2.05, 4.69) is 0 Å². The molecular weight excluding hydrogens is 190 g/mol. The quantitative estimate of drug-likeness (QED) is 0.532. The summed E-state index contributed by atoms with van der Waals surface area (Å²) in [5.41, 5.74) is 5.15. The molecule has 0 aromatic rings. The van der Waals surface area contributed by atoms with Gasteiger partial charge in [0.2, 0.25) is 0 Å². The molecule has 0 bridgehead atoms. The fourth-order valence-corrected chi connectivity index (χ4v) is 1.79. The zero-order chi connectivity index (χ0) is 11.6. The van der Waals surface area contributed by atoms with Crippen molar-refractivity contribution in [3.8, 4) is 0 Å². The second-order valence-corrected chi connectivity index (χ2v) is 5.36. The molecule has 86 valence electrons. The molecule has 1 heterocycles. The Kier molecular flexibility index (Phi) is 3.37. The predicted octanol–water partition coefficient (Wildman–Crippen LogP) is 1.21. The molecule has 15 heavy (non-hydrogen) atoms. The average Bonchev–Trinajstić information content (AvgIpc) is 2.50. The Hall–Kier alpha value is -1.06. The van der Waals surface area contributed by atoms with Gasteiger partial charge in [0.05, 0.1) is 0 Å². The van der Waals surface area contributed by atoms with Crippen LogP contribution in [-0.2, 0) is 4.79 Å².